The molecule has 0 aliphatic carbocycles. The third kappa shape index (κ3) is 5.23. The zero-order chi connectivity index (χ0) is 19.9. The highest BCUT2D eigenvalue weighted by atomic mass is 16.5. The Morgan fingerprint density at radius 3 is 2.39 bits per heavy atom. The summed E-state index contributed by atoms with van der Waals surface area (Å²) in [7, 11) is 1.75. The number of amides is 2. The number of aryl methyl sites for hydroxylation is 1. The highest BCUT2D eigenvalue weighted by molar-refractivity contribution is 6.02. The summed E-state index contributed by atoms with van der Waals surface area (Å²) >= 11 is 0. The molecule has 0 aliphatic heterocycles. The van der Waals surface area contributed by atoms with Gasteiger partial charge in [0.05, 0.1) is 6.26 Å². The van der Waals surface area contributed by atoms with Crippen molar-refractivity contribution in [3.8, 4) is 5.75 Å². The Labute approximate surface area is 163 Å². The summed E-state index contributed by atoms with van der Waals surface area (Å²) in [4.78, 5) is 25.8. The maximum absolute atomic E-state index is 12.3. The van der Waals surface area contributed by atoms with Gasteiger partial charge in [0.15, 0.2) is 12.4 Å². The zero-order valence-electron chi connectivity index (χ0n) is 15.8. The van der Waals surface area contributed by atoms with Gasteiger partial charge in [-0.05, 0) is 48.9 Å². The standard InChI is InChI=1S/C22H22N2O4/c1-16-5-7-17(8-6-16)14-24(2)21(25)15-28-19-11-9-18(10-12-19)23-22(26)20-4-3-13-27-20/h3-13H,14-15H2,1-2H3,(H,23,26). The van der Waals surface area contributed by atoms with Crippen molar-refractivity contribution >= 4 is 17.5 Å². The molecule has 3 aromatic rings. The molecule has 0 unspecified atom stereocenters. The predicted molar refractivity (Wildman–Crippen MR) is 106 cm³/mol. The molecule has 0 radical (unpaired) electrons. The van der Waals surface area contributed by atoms with Gasteiger partial charge in [-0.25, -0.2) is 0 Å². The smallest absolute Gasteiger partial charge is 0.291 e. The number of likely N-dealkylation sites (N-methyl/N-ethyl adjacent to an activating group) is 1. The Morgan fingerprint density at radius 2 is 1.75 bits per heavy atom. The Bertz CT molecular complexity index is 916. The fourth-order valence-corrected chi connectivity index (χ4v) is 2.55. The van der Waals surface area contributed by atoms with Crippen LogP contribution >= 0.6 is 0 Å². The molecule has 2 amide bonds. The van der Waals surface area contributed by atoms with Crippen molar-refractivity contribution in [1.29, 1.82) is 0 Å². The van der Waals surface area contributed by atoms with E-state index in [1.54, 1.807) is 48.3 Å². The molecule has 6 nitrogen and oxygen atoms in total. The lowest BCUT2D eigenvalue weighted by atomic mass is 10.1. The highest BCUT2D eigenvalue weighted by Gasteiger charge is 2.11. The molecule has 3 rings (SSSR count). The van der Waals surface area contributed by atoms with Crippen LogP contribution in [0.3, 0.4) is 0 Å². The summed E-state index contributed by atoms with van der Waals surface area (Å²) in [5.74, 6) is 0.345. The minimum Gasteiger partial charge on any atom is -0.484 e. The number of hydrogen-bond donors (Lipinski definition) is 1. The normalized spacial score (nSPS) is 10.4. The van der Waals surface area contributed by atoms with Gasteiger partial charge in [-0.2, -0.15) is 0 Å². The summed E-state index contributed by atoms with van der Waals surface area (Å²) in [6.45, 7) is 2.50. The lowest BCUT2D eigenvalue weighted by molar-refractivity contribution is -0.132. The molecule has 0 spiro atoms. The van der Waals surface area contributed by atoms with Crippen molar-refractivity contribution in [1.82, 2.24) is 4.90 Å². The third-order valence-corrected chi connectivity index (χ3v) is 4.19. The third-order valence-electron chi connectivity index (χ3n) is 4.19. The number of furan rings is 1. The summed E-state index contributed by atoms with van der Waals surface area (Å²) in [6, 6.07) is 18.1. The summed E-state index contributed by atoms with van der Waals surface area (Å²) in [6.07, 6.45) is 1.44. The average Bonchev–Trinajstić information content (AvgIpc) is 3.24. The monoisotopic (exact) mass is 378 g/mol. The molecule has 0 saturated carbocycles. The first-order valence-electron chi connectivity index (χ1n) is 8.88. The second kappa shape index (κ2) is 8.90. The Balaban J connectivity index is 1.48. The molecule has 28 heavy (non-hydrogen) atoms. The van der Waals surface area contributed by atoms with E-state index < -0.39 is 0 Å². The van der Waals surface area contributed by atoms with Crippen LogP contribution in [0.15, 0.2) is 71.3 Å². The first kappa shape index (κ1) is 19.2. The molecule has 144 valence electrons. The van der Waals surface area contributed by atoms with Crippen LogP contribution in [-0.4, -0.2) is 30.4 Å². The van der Waals surface area contributed by atoms with Gasteiger partial charge in [0.1, 0.15) is 5.75 Å². The molecule has 6 heteroatoms. The maximum Gasteiger partial charge on any atom is 0.291 e. The molecule has 0 aliphatic rings. The van der Waals surface area contributed by atoms with Gasteiger partial charge >= 0.3 is 0 Å². The lowest BCUT2D eigenvalue weighted by Crippen LogP contribution is -2.30. The second-order valence-corrected chi connectivity index (χ2v) is 6.48. The molecular weight excluding hydrogens is 356 g/mol. The van der Waals surface area contributed by atoms with E-state index in [2.05, 4.69) is 5.32 Å². The minimum atomic E-state index is -0.327. The number of hydrogen-bond acceptors (Lipinski definition) is 4. The minimum absolute atomic E-state index is 0.0551. The fourth-order valence-electron chi connectivity index (χ4n) is 2.55. The number of benzene rings is 2. The predicted octanol–water partition coefficient (Wildman–Crippen LogP) is 3.88. The summed E-state index contributed by atoms with van der Waals surface area (Å²) in [5, 5.41) is 2.72. The molecular formula is C22H22N2O4. The molecule has 1 heterocycles. The van der Waals surface area contributed by atoms with Crippen molar-refractivity contribution in [3.05, 3.63) is 83.8 Å². The van der Waals surface area contributed by atoms with Crippen molar-refractivity contribution in [2.45, 2.75) is 13.5 Å². The van der Waals surface area contributed by atoms with E-state index in [1.807, 2.05) is 31.2 Å². The molecule has 0 saturated heterocycles. The largest absolute Gasteiger partial charge is 0.484 e. The number of anilines is 1. The van der Waals surface area contributed by atoms with Crippen molar-refractivity contribution < 1.29 is 18.7 Å². The van der Waals surface area contributed by atoms with Crippen LogP contribution in [0.5, 0.6) is 5.75 Å². The molecule has 0 bridgehead atoms. The second-order valence-electron chi connectivity index (χ2n) is 6.48. The van der Waals surface area contributed by atoms with Crippen LogP contribution in [-0.2, 0) is 11.3 Å². The van der Waals surface area contributed by atoms with Crippen LogP contribution in [0.1, 0.15) is 21.7 Å². The average molecular weight is 378 g/mol. The van der Waals surface area contributed by atoms with Crippen LogP contribution in [0.25, 0.3) is 0 Å². The van der Waals surface area contributed by atoms with E-state index >= 15 is 0 Å². The topological polar surface area (TPSA) is 71.8 Å². The van der Waals surface area contributed by atoms with Gasteiger partial charge in [0.2, 0.25) is 0 Å². The SMILES string of the molecule is Cc1ccc(CN(C)C(=O)COc2ccc(NC(=O)c3ccco3)cc2)cc1. The number of nitrogens with one attached hydrogen (secondary N) is 1. The number of nitrogens with zero attached hydrogens (tertiary/aromatic N) is 1. The first-order valence-corrected chi connectivity index (χ1v) is 8.88. The molecule has 0 atom stereocenters. The van der Waals surface area contributed by atoms with Crippen molar-refractivity contribution in [3.63, 3.8) is 0 Å². The van der Waals surface area contributed by atoms with E-state index in [0.29, 0.717) is 18.0 Å². The summed E-state index contributed by atoms with van der Waals surface area (Å²) in [5.41, 5.74) is 2.86. The molecule has 2 aromatic carbocycles. The highest BCUT2D eigenvalue weighted by Crippen LogP contribution is 2.17. The van der Waals surface area contributed by atoms with Gasteiger partial charge in [-0.1, -0.05) is 29.8 Å². The Kier molecular flexibility index (Phi) is 6.11. The quantitative estimate of drug-likeness (QED) is 0.677. The van der Waals surface area contributed by atoms with Gasteiger partial charge < -0.3 is 19.4 Å². The van der Waals surface area contributed by atoms with E-state index in [0.717, 1.165) is 5.56 Å². The number of rotatable bonds is 7. The van der Waals surface area contributed by atoms with Crippen LogP contribution in [0.2, 0.25) is 0 Å². The number of carbonyl (C=O) groups is 2. The van der Waals surface area contributed by atoms with E-state index in [4.69, 9.17) is 9.15 Å². The van der Waals surface area contributed by atoms with Gasteiger partial charge in [-0.15, -0.1) is 0 Å². The maximum atomic E-state index is 12.3. The molecule has 1 aromatic heterocycles. The summed E-state index contributed by atoms with van der Waals surface area (Å²) < 4.78 is 10.6. The van der Waals surface area contributed by atoms with Gasteiger partial charge in [-0.3, -0.25) is 9.59 Å². The van der Waals surface area contributed by atoms with Gasteiger partial charge in [0.25, 0.3) is 11.8 Å². The number of ether oxygens (including phenoxy) is 1. The number of carbonyl (C=O) groups excluding carboxylic acids is 2. The molecule has 1 N–H and O–H groups in total. The molecule has 0 fully saturated rings. The first-order chi connectivity index (χ1) is 13.5. The van der Waals surface area contributed by atoms with Crippen LogP contribution < -0.4 is 10.1 Å². The Morgan fingerprint density at radius 1 is 1.04 bits per heavy atom. The zero-order valence-corrected chi connectivity index (χ0v) is 15.8. The Hall–Kier alpha value is -3.54. The van der Waals surface area contributed by atoms with Crippen molar-refractivity contribution in [2.24, 2.45) is 0 Å². The van der Waals surface area contributed by atoms with E-state index in [-0.39, 0.29) is 24.2 Å². The van der Waals surface area contributed by atoms with E-state index in [9.17, 15) is 9.59 Å². The van der Waals surface area contributed by atoms with Crippen LogP contribution in [0, 0.1) is 6.92 Å². The lowest BCUT2D eigenvalue weighted by Gasteiger charge is -2.18. The van der Waals surface area contributed by atoms with Gasteiger partial charge in [0, 0.05) is 19.3 Å². The van der Waals surface area contributed by atoms with Crippen molar-refractivity contribution in [2.75, 3.05) is 19.0 Å². The van der Waals surface area contributed by atoms with Crippen LogP contribution in [0.4, 0.5) is 5.69 Å². The fraction of sp³-hybridized carbons (Fsp3) is 0.182. The van der Waals surface area contributed by atoms with E-state index in [1.165, 1.54) is 11.8 Å².